The summed E-state index contributed by atoms with van der Waals surface area (Å²) in [5.74, 6) is 0. The number of benzene rings is 1. The third-order valence-corrected chi connectivity index (χ3v) is 5.34. The van der Waals surface area contributed by atoms with Crippen LogP contribution in [0.1, 0.15) is 57.9 Å². The third-order valence-electron chi connectivity index (χ3n) is 3.37. The van der Waals surface area contributed by atoms with E-state index in [1.807, 2.05) is 31.2 Å². The Labute approximate surface area is 129 Å². The fourth-order valence-corrected chi connectivity index (χ4v) is 3.61. The summed E-state index contributed by atoms with van der Waals surface area (Å²) in [6.07, 6.45) is 6.26. The van der Waals surface area contributed by atoms with Gasteiger partial charge in [-0.05, 0) is 31.9 Å². The average molecular weight is 312 g/mol. The van der Waals surface area contributed by atoms with Crippen LogP contribution in [0.5, 0.6) is 0 Å². The summed E-state index contributed by atoms with van der Waals surface area (Å²) in [6, 6.07) is 7.62. The Kier molecular flexibility index (Phi) is 8.91. The Balaban J connectivity index is 2.68. The van der Waals surface area contributed by atoms with Crippen LogP contribution in [-0.4, -0.2) is 13.2 Å². The molecule has 0 amide bonds. The van der Waals surface area contributed by atoms with Crippen LogP contribution in [-0.2, 0) is 13.6 Å². The van der Waals surface area contributed by atoms with Gasteiger partial charge >= 0.3 is 7.60 Å². The van der Waals surface area contributed by atoms with Crippen LogP contribution in [0.2, 0.25) is 0 Å². The average Bonchev–Trinajstić information content (AvgIpc) is 2.49. The van der Waals surface area contributed by atoms with E-state index in [1.54, 1.807) is 0 Å². The molecule has 0 aromatic heterocycles. The number of unbranched alkanes of at least 4 members (excludes halogenated alkanes) is 4. The molecule has 0 fully saturated rings. The highest BCUT2D eigenvalue weighted by molar-refractivity contribution is 7.62. The van der Waals surface area contributed by atoms with Gasteiger partial charge in [0.1, 0.15) is 0 Å². The molecule has 0 unspecified atom stereocenters. The normalized spacial score (nSPS) is 11.8. The Hall–Kier alpha value is -0.630. The van der Waals surface area contributed by atoms with E-state index in [0.717, 1.165) is 44.1 Å². The number of rotatable bonds is 11. The fraction of sp³-hybridized carbons (Fsp3) is 0.647. The molecule has 0 atom stereocenters. The quantitative estimate of drug-likeness (QED) is 0.415. The van der Waals surface area contributed by atoms with Crippen molar-refractivity contribution in [2.45, 2.75) is 59.3 Å². The van der Waals surface area contributed by atoms with Gasteiger partial charge in [0.15, 0.2) is 0 Å². The Morgan fingerprint density at radius 1 is 0.857 bits per heavy atom. The molecule has 0 saturated heterocycles. The topological polar surface area (TPSA) is 35.5 Å². The molecule has 1 aromatic carbocycles. The zero-order valence-electron chi connectivity index (χ0n) is 13.6. The summed E-state index contributed by atoms with van der Waals surface area (Å²) in [5, 5.41) is 0.668. The van der Waals surface area contributed by atoms with Gasteiger partial charge in [-0.25, -0.2) is 0 Å². The van der Waals surface area contributed by atoms with E-state index in [0.29, 0.717) is 18.5 Å². The minimum absolute atomic E-state index is 0.493. The highest BCUT2D eigenvalue weighted by atomic mass is 31.2. The Morgan fingerprint density at radius 3 is 1.76 bits per heavy atom. The molecule has 0 aliphatic carbocycles. The lowest BCUT2D eigenvalue weighted by Crippen LogP contribution is -2.12. The lowest BCUT2D eigenvalue weighted by molar-refractivity contribution is 0.207. The van der Waals surface area contributed by atoms with E-state index in [2.05, 4.69) is 13.8 Å². The molecule has 0 bridgehead atoms. The van der Waals surface area contributed by atoms with Gasteiger partial charge in [-0.15, -0.1) is 0 Å². The number of aryl methyl sites for hydroxylation is 1. The van der Waals surface area contributed by atoms with E-state index in [1.165, 1.54) is 0 Å². The lowest BCUT2D eigenvalue weighted by atomic mass is 10.2. The molecule has 0 heterocycles. The van der Waals surface area contributed by atoms with Crippen molar-refractivity contribution in [1.82, 2.24) is 0 Å². The summed E-state index contributed by atoms with van der Waals surface area (Å²) >= 11 is 0. The van der Waals surface area contributed by atoms with Gasteiger partial charge in [0, 0.05) is 0 Å². The van der Waals surface area contributed by atoms with Crippen molar-refractivity contribution in [2.75, 3.05) is 13.2 Å². The molecule has 3 nitrogen and oxygen atoms in total. The molecule has 1 rings (SSSR count). The second-order valence-corrected chi connectivity index (χ2v) is 7.44. The maximum atomic E-state index is 13.0. The Bertz CT molecular complexity index is 412. The van der Waals surface area contributed by atoms with Crippen LogP contribution in [0.15, 0.2) is 24.3 Å². The van der Waals surface area contributed by atoms with Crippen LogP contribution in [0.4, 0.5) is 0 Å². The highest BCUT2D eigenvalue weighted by Crippen LogP contribution is 2.47. The molecule has 4 heteroatoms. The first kappa shape index (κ1) is 18.4. The highest BCUT2D eigenvalue weighted by Gasteiger charge is 2.27. The number of hydrogen-bond donors (Lipinski definition) is 0. The molecule has 0 radical (unpaired) electrons. The van der Waals surface area contributed by atoms with Crippen molar-refractivity contribution in [2.24, 2.45) is 0 Å². The van der Waals surface area contributed by atoms with Crippen molar-refractivity contribution in [3.05, 3.63) is 29.8 Å². The first-order chi connectivity index (χ1) is 10.1. The summed E-state index contributed by atoms with van der Waals surface area (Å²) in [5.41, 5.74) is 1.14. The molecule has 0 aliphatic heterocycles. The van der Waals surface area contributed by atoms with Crippen LogP contribution >= 0.6 is 7.60 Å². The molecular formula is C17H29O3P. The zero-order chi connectivity index (χ0) is 15.6. The largest absolute Gasteiger partial charge is 0.361 e. The van der Waals surface area contributed by atoms with Gasteiger partial charge in [-0.1, -0.05) is 57.2 Å². The standard InChI is InChI=1S/C17H29O3P/c1-4-6-8-14-19-21(18,20-15-9-7-5-2)17-12-10-16(3)11-13-17/h10-13H,4-9,14-15H2,1-3H3. The van der Waals surface area contributed by atoms with Crippen molar-refractivity contribution >= 4 is 12.9 Å². The van der Waals surface area contributed by atoms with Gasteiger partial charge in [0.25, 0.3) is 0 Å². The molecule has 0 N–H and O–H groups in total. The first-order valence-corrected chi connectivity index (χ1v) is 9.63. The van der Waals surface area contributed by atoms with E-state index in [9.17, 15) is 4.57 Å². The van der Waals surface area contributed by atoms with E-state index < -0.39 is 7.60 Å². The zero-order valence-corrected chi connectivity index (χ0v) is 14.5. The summed E-state index contributed by atoms with van der Waals surface area (Å²) in [4.78, 5) is 0. The second-order valence-electron chi connectivity index (χ2n) is 5.41. The molecule has 21 heavy (non-hydrogen) atoms. The first-order valence-electron chi connectivity index (χ1n) is 8.08. The summed E-state index contributed by atoms with van der Waals surface area (Å²) < 4.78 is 24.4. The predicted molar refractivity (Wildman–Crippen MR) is 89.4 cm³/mol. The summed E-state index contributed by atoms with van der Waals surface area (Å²) in [6.45, 7) is 7.28. The van der Waals surface area contributed by atoms with Gasteiger partial charge in [0.05, 0.1) is 18.5 Å². The predicted octanol–water partition coefficient (Wildman–Crippen LogP) is 5.23. The fourth-order valence-electron chi connectivity index (χ4n) is 1.99. The van der Waals surface area contributed by atoms with E-state index in [4.69, 9.17) is 9.05 Å². The minimum Gasteiger partial charge on any atom is -0.305 e. The van der Waals surface area contributed by atoms with Crippen molar-refractivity contribution in [3.63, 3.8) is 0 Å². The van der Waals surface area contributed by atoms with E-state index >= 15 is 0 Å². The third kappa shape index (κ3) is 6.78. The van der Waals surface area contributed by atoms with Crippen LogP contribution in [0.3, 0.4) is 0 Å². The minimum atomic E-state index is -3.17. The van der Waals surface area contributed by atoms with Crippen molar-refractivity contribution in [3.8, 4) is 0 Å². The smallest absolute Gasteiger partial charge is 0.305 e. The SMILES string of the molecule is CCCCCOP(=O)(OCCCCC)c1ccc(C)cc1. The van der Waals surface area contributed by atoms with Crippen LogP contribution in [0.25, 0.3) is 0 Å². The maximum Gasteiger partial charge on any atom is 0.361 e. The maximum absolute atomic E-state index is 13.0. The van der Waals surface area contributed by atoms with Gasteiger partial charge in [-0.2, -0.15) is 0 Å². The summed E-state index contributed by atoms with van der Waals surface area (Å²) in [7, 11) is -3.17. The molecule has 0 spiro atoms. The van der Waals surface area contributed by atoms with Crippen LogP contribution in [0, 0.1) is 6.92 Å². The Morgan fingerprint density at radius 2 is 1.33 bits per heavy atom. The van der Waals surface area contributed by atoms with Crippen molar-refractivity contribution < 1.29 is 13.6 Å². The molecule has 120 valence electrons. The molecule has 1 aromatic rings. The molecular weight excluding hydrogens is 283 g/mol. The van der Waals surface area contributed by atoms with E-state index in [-0.39, 0.29) is 0 Å². The van der Waals surface area contributed by atoms with Gasteiger partial charge < -0.3 is 9.05 Å². The van der Waals surface area contributed by atoms with Gasteiger partial charge in [0.2, 0.25) is 0 Å². The number of hydrogen-bond acceptors (Lipinski definition) is 3. The van der Waals surface area contributed by atoms with Crippen LogP contribution < -0.4 is 5.30 Å². The lowest BCUT2D eigenvalue weighted by Gasteiger charge is -2.19. The monoisotopic (exact) mass is 312 g/mol. The molecule has 0 aliphatic rings. The second kappa shape index (κ2) is 10.2. The van der Waals surface area contributed by atoms with Gasteiger partial charge in [-0.3, -0.25) is 4.57 Å². The van der Waals surface area contributed by atoms with Crippen molar-refractivity contribution in [1.29, 1.82) is 0 Å². The molecule has 0 saturated carbocycles.